The molecule has 0 aromatic carbocycles. The van der Waals surface area contributed by atoms with Gasteiger partial charge in [-0.15, -0.1) is 0 Å². The van der Waals surface area contributed by atoms with Crippen LogP contribution < -0.4 is 11.1 Å². The van der Waals surface area contributed by atoms with Crippen molar-refractivity contribution >= 4 is 18.0 Å². The maximum Gasteiger partial charge on any atom is 0.252 e. The maximum absolute atomic E-state index is 11.7. The molecule has 1 amide bonds. The molecule has 0 radical (unpaired) electrons. The molecule has 0 spiro atoms. The minimum Gasteiger partial charge on any atom is -0.383 e. The molecule has 1 heterocycles. The summed E-state index contributed by atoms with van der Waals surface area (Å²) in [5.41, 5.74) is 6.01. The second kappa shape index (κ2) is 7.39. The number of aldehydes is 1. The van der Waals surface area contributed by atoms with Crippen LogP contribution in [0, 0.1) is 0 Å². The van der Waals surface area contributed by atoms with Crippen molar-refractivity contribution in [1.82, 2.24) is 10.3 Å². The van der Waals surface area contributed by atoms with Crippen LogP contribution in [0.3, 0.4) is 0 Å². The fourth-order valence-electron chi connectivity index (χ4n) is 1.33. The molecule has 1 rings (SSSR count). The van der Waals surface area contributed by atoms with Crippen molar-refractivity contribution in [2.75, 3.05) is 25.5 Å². The lowest BCUT2D eigenvalue weighted by atomic mass is 10.2. The minimum atomic E-state index is -0.276. The summed E-state index contributed by atoms with van der Waals surface area (Å²) in [6.07, 6.45) is 2.66. The van der Waals surface area contributed by atoms with Crippen LogP contribution in [0.25, 0.3) is 0 Å². The van der Waals surface area contributed by atoms with Crippen LogP contribution in [0.2, 0.25) is 0 Å². The molecular weight excluding hydrogens is 234 g/mol. The molecule has 1 aromatic heterocycles. The van der Waals surface area contributed by atoms with Crippen molar-refractivity contribution in [2.45, 2.75) is 13.3 Å². The van der Waals surface area contributed by atoms with Crippen LogP contribution >= 0.6 is 0 Å². The number of anilines is 1. The Hall–Kier alpha value is -1.95. The lowest BCUT2D eigenvalue weighted by molar-refractivity contribution is 0.0944. The summed E-state index contributed by atoms with van der Waals surface area (Å²) < 4.78 is 5.15. The van der Waals surface area contributed by atoms with Crippen LogP contribution in [0.4, 0.5) is 5.82 Å². The molecule has 0 unspecified atom stereocenters. The average Bonchev–Trinajstić information content (AvgIpc) is 2.38. The molecule has 0 fully saturated rings. The lowest BCUT2D eigenvalue weighted by Gasteiger charge is -2.06. The zero-order valence-corrected chi connectivity index (χ0v) is 10.3. The highest BCUT2D eigenvalue weighted by atomic mass is 16.5. The minimum absolute atomic E-state index is 0.123. The summed E-state index contributed by atoms with van der Waals surface area (Å²) in [4.78, 5) is 26.2. The van der Waals surface area contributed by atoms with Crippen LogP contribution in [0.5, 0.6) is 0 Å². The third-order valence-electron chi connectivity index (χ3n) is 2.29. The number of aromatic nitrogens is 1. The first-order valence-electron chi connectivity index (χ1n) is 5.75. The monoisotopic (exact) mass is 251 g/mol. The Labute approximate surface area is 106 Å². The van der Waals surface area contributed by atoms with Crippen LogP contribution in [-0.2, 0) is 4.74 Å². The van der Waals surface area contributed by atoms with Crippen molar-refractivity contribution < 1.29 is 14.3 Å². The van der Waals surface area contributed by atoms with E-state index in [1.54, 1.807) is 0 Å². The molecule has 0 atom stereocenters. The number of hydrogen-bond donors (Lipinski definition) is 2. The first-order valence-corrected chi connectivity index (χ1v) is 5.75. The highest BCUT2D eigenvalue weighted by Crippen LogP contribution is 2.08. The van der Waals surface area contributed by atoms with E-state index in [1.807, 2.05) is 6.92 Å². The zero-order valence-electron chi connectivity index (χ0n) is 10.3. The van der Waals surface area contributed by atoms with Gasteiger partial charge in [-0.1, -0.05) is 0 Å². The van der Waals surface area contributed by atoms with Gasteiger partial charge in [0.2, 0.25) is 0 Å². The fourth-order valence-corrected chi connectivity index (χ4v) is 1.33. The third kappa shape index (κ3) is 4.14. The summed E-state index contributed by atoms with van der Waals surface area (Å²) >= 11 is 0. The number of carbonyl (C=O) groups is 2. The Kier molecular flexibility index (Phi) is 5.79. The second-order valence-corrected chi connectivity index (χ2v) is 3.62. The first kappa shape index (κ1) is 14.1. The number of nitrogens with zero attached hydrogens (tertiary/aromatic N) is 1. The number of amides is 1. The molecule has 0 aliphatic heterocycles. The molecular formula is C12H17N3O3. The van der Waals surface area contributed by atoms with Gasteiger partial charge in [0.05, 0.1) is 11.1 Å². The largest absolute Gasteiger partial charge is 0.383 e. The number of nitrogens with two attached hydrogens (primary N) is 1. The molecule has 98 valence electrons. The molecule has 0 aliphatic carbocycles. The predicted octanol–water partition coefficient (Wildman–Crippen LogP) is 0.633. The summed E-state index contributed by atoms with van der Waals surface area (Å²) in [7, 11) is 0. The van der Waals surface area contributed by atoms with E-state index in [2.05, 4.69) is 10.3 Å². The van der Waals surface area contributed by atoms with Gasteiger partial charge in [-0.05, 0) is 19.4 Å². The third-order valence-corrected chi connectivity index (χ3v) is 2.29. The fraction of sp³-hybridized carbons (Fsp3) is 0.417. The van der Waals surface area contributed by atoms with Gasteiger partial charge in [-0.3, -0.25) is 9.59 Å². The van der Waals surface area contributed by atoms with Crippen LogP contribution in [-0.4, -0.2) is 36.9 Å². The molecule has 0 aliphatic rings. The Morgan fingerprint density at radius 3 is 3.06 bits per heavy atom. The van der Waals surface area contributed by atoms with Gasteiger partial charge in [-0.25, -0.2) is 4.98 Å². The molecule has 0 saturated heterocycles. The number of hydrogen-bond acceptors (Lipinski definition) is 5. The van der Waals surface area contributed by atoms with E-state index in [9.17, 15) is 9.59 Å². The number of nitrogens with one attached hydrogen (secondary N) is 1. The molecule has 6 nitrogen and oxygen atoms in total. The van der Waals surface area contributed by atoms with Gasteiger partial charge in [0, 0.05) is 26.0 Å². The van der Waals surface area contributed by atoms with Crippen molar-refractivity contribution in [1.29, 1.82) is 0 Å². The average molecular weight is 251 g/mol. The van der Waals surface area contributed by atoms with Gasteiger partial charge in [-0.2, -0.15) is 0 Å². The van der Waals surface area contributed by atoms with E-state index in [4.69, 9.17) is 10.5 Å². The van der Waals surface area contributed by atoms with E-state index < -0.39 is 0 Å². The standard InChI is InChI=1S/C12H17N3O3/c1-2-18-5-3-4-14-12(17)9-6-10(8-16)11(13)15-7-9/h6-8H,2-5H2,1H3,(H2,13,15)(H,14,17). The molecule has 0 saturated carbocycles. The Balaban J connectivity index is 2.49. The Morgan fingerprint density at radius 2 is 2.39 bits per heavy atom. The highest BCUT2D eigenvalue weighted by Gasteiger charge is 2.08. The maximum atomic E-state index is 11.7. The zero-order chi connectivity index (χ0) is 13.4. The highest BCUT2D eigenvalue weighted by molar-refractivity contribution is 5.96. The Morgan fingerprint density at radius 1 is 1.61 bits per heavy atom. The van der Waals surface area contributed by atoms with Crippen molar-refractivity contribution in [3.8, 4) is 0 Å². The number of rotatable bonds is 7. The molecule has 3 N–H and O–H groups in total. The normalized spacial score (nSPS) is 10.1. The van der Waals surface area contributed by atoms with Crippen LogP contribution in [0.1, 0.15) is 34.1 Å². The lowest BCUT2D eigenvalue weighted by Crippen LogP contribution is -2.25. The van der Waals surface area contributed by atoms with E-state index in [1.165, 1.54) is 12.3 Å². The van der Waals surface area contributed by atoms with Crippen molar-refractivity contribution in [3.63, 3.8) is 0 Å². The summed E-state index contributed by atoms with van der Waals surface area (Å²) in [5.74, 6) is -0.153. The molecule has 18 heavy (non-hydrogen) atoms. The van der Waals surface area contributed by atoms with Gasteiger partial charge in [0.1, 0.15) is 5.82 Å². The van der Waals surface area contributed by atoms with Crippen molar-refractivity contribution in [2.24, 2.45) is 0 Å². The Bertz CT molecular complexity index is 421. The van der Waals surface area contributed by atoms with E-state index in [0.717, 1.165) is 6.42 Å². The molecule has 1 aromatic rings. The number of carbonyl (C=O) groups excluding carboxylic acids is 2. The van der Waals surface area contributed by atoms with Gasteiger partial charge in [0.25, 0.3) is 5.91 Å². The van der Waals surface area contributed by atoms with Gasteiger partial charge < -0.3 is 15.8 Å². The van der Waals surface area contributed by atoms with Crippen molar-refractivity contribution in [3.05, 3.63) is 23.4 Å². The van der Waals surface area contributed by atoms with E-state index in [-0.39, 0.29) is 17.3 Å². The smallest absolute Gasteiger partial charge is 0.252 e. The first-order chi connectivity index (χ1) is 8.69. The predicted molar refractivity (Wildman–Crippen MR) is 67.5 cm³/mol. The van der Waals surface area contributed by atoms with Gasteiger partial charge >= 0.3 is 0 Å². The SMILES string of the molecule is CCOCCCNC(=O)c1cnc(N)c(C=O)c1. The van der Waals surface area contributed by atoms with E-state index >= 15 is 0 Å². The summed E-state index contributed by atoms with van der Waals surface area (Å²) in [5, 5.41) is 2.71. The number of ether oxygens (including phenoxy) is 1. The van der Waals surface area contributed by atoms with Gasteiger partial charge in [0.15, 0.2) is 6.29 Å². The quantitative estimate of drug-likeness (QED) is 0.547. The summed E-state index contributed by atoms with van der Waals surface area (Å²) in [6.45, 7) is 3.70. The summed E-state index contributed by atoms with van der Waals surface area (Å²) in [6, 6.07) is 1.42. The second-order valence-electron chi connectivity index (χ2n) is 3.62. The molecule has 6 heteroatoms. The number of pyridine rings is 1. The van der Waals surface area contributed by atoms with E-state index in [0.29, 0.717) is 31.6 Å². The van der Waals surface area contributed by atoms with Crippen LogP contribution in [0.15, 0.2) is 12.3 Å². The topological polar surface area (TPSA) is 94.3 Å². The number of nitrogen functional groups attached to an aromatic ring is 1. The molecule has 0 bridgehead atoms.